The maximum atomic E-state index is 11.5. The molecule has 0 saturated heterocycles. The summed E-state index contributed by atoms with van der Waals surface area (Å²) < 4.78 is 11.0. The molecule has 0 saturated carbocycles. The zero-order valence-corrected chi connectivity index (χ0v) is 12.4. The Morgan fingerprint density at radius 1 is 1.44 bits per heavy atom. The molecule has 4 nitrogen and oxygen atoms in total. The lowest BCUT2D eigenvalue weighted by Crippen LogP contribution is -2.08. The fourth-order valence-corrected chi connectivity index (χ4v) is 1.85. The number of hydrogen-bond acceptors (Lipinski definition) is 4. The van der Waals surface area contributed by atoms with E-state index in [1.165, 1.54) is 7.11 Å². The van der Waals surface area contributed by atoms with E-state index in [4.69, 9.17) is 10.5 Å². The monoisotopic (exact) mass is 315 g/mol. The summed E-state index contributed by atoms with van der Waals surface area (Å²) in [6.07, 6.45) is 0.949. The Morgan fingerprint density at radius 3 is 2.67 bits per heavy atom. The van der Waals surface area contributed by atoms with Crippen molar-refractivity contribution < 1.29 is 14.3 Å². The van der Waals surface area contributed by atoms with E-state index >= 15 is 0 Å². The molecule has 1 aromatic carbocycles. The lowest BCUT2D eigenvalue weighted by molar-refractivity contribution is 0.0601. The average molecular weight is 316 g/mol. The van der Waals surface area contributed by atoms with Gasteiger partial charge in [0, 0.05) is 5.69 Å². The van der Waals surface area contributed by atoms with Crippen molar-refractivity contribution >= 4 is 27.6 Å². The maximum absolute atomic E-state index is 11.5. The van der Waals surface area contributed by atoms with Crippen LogP contribution in [0.5, 0.6) is 5.75 Å². The number of halogens is 1. The molecule has 100 valence electrons. The van der Waals surface area contributed by atoms with Crippen LogP contribution < -0.4 is 10.5 Å². The molecule has 0 radical (unpaired) electrons. The zero-order valence-electron chi connectivity index (χ0n) is 10.8. The van der Waals surface area contributed by atoms with Gasteiger partial charge in [0.25, 0.3) is 0 Å². The number of nitrogen functional groups attached to an aromatic ring is 1. The number of ether oxygens (including phenoxy) is 2. The predicted molar refractivity (Wildman–Crippen MR) is 74.8 cm³/mol. The summed E-state index contributed by atoms with van der Waals surface area (Å²) in [6, 6.07) is 3.25. The number of methoxy groups -OCH3 is 1. The Labute approximate surface area is 116 Å². The van der Waals surface area contributed by atoms with Gasteiger partial charge in [0.1, 0.15) is 5.75 Å². The quantitative estimate of drug-likeness (QED) is 0.669. The van der Waals surface area contributed by atoms with Crippen LogP contribution in [-0.2, 0) is 4.74 Å². The minimum absolute atomic E-state index is 0.320. The Hall–Kier alpha value is -1.23. The van der Waals surface area contributed by atoms with Gasteiger partial charge in [-0.05, 0) is 40.4 Å². The van der Waals surface area contributed by atoms with Crippen LogP contribution in [0.3, 0.4) is 0 Å². The highest BCUT2D eigenvalue weighted by Gasteiger charge is 2.14. The minimum atomic E-state index is -0.464. The van der Waals surface area contributed by atoms with E-state index in [2.05, 4.69) is 34.5 Å². The van der Waals surface area contributed by atoms with Gasteiger partial charge < -0.3 is 15.2 Å². The van der Waals surface area contributed by atoms with Crippen molar-refractivity contribution in [2.24, 2.45) is 5.92 Å². The zero-order chi connectivity index (χ0) is 13.7. The molecule has 5 heteroatoms. The van der Waals surface area contributed by atoms with Crippen LogP contribution in [0.4, 0.5) is 5.69 Å². The fraction of sp³-hybridized carbons (Fsp3) is 0.462. The second-order valence-electron chi connectivity index (χ2n) is 4.39. The first-order chi connectivity index (χ1) is 8.45. The Balaban J connectivity index is 2.88. The summed E-state index contributed by atoms with van der Waals surface area (Å²) in [7, 11) is 1.32. The van der Waals surface area contributed by atoms with Crippen LogP contribution >= 0.6 is 15.9 Å². The minimum Gasteiger partial charge on any atom is -0.492 e. The van der Waals surface area contributed by atoms with Gasteiger partial charge >= 0.3 is 5.97 Å². The van der Waals surface area contributed by atoms with Crippen LogP contribution in [0.25, 0.3) is 0 Å². The molecule has 0 aliphatic heterocycles. The summed E-state index contributed by atoms with van der Waals surface area (Å²) in [6.45, 7) is 4.85. The third kappa shape index (κ3) is 3.91. The van der Waals surface area contributed by atoms with Gasteiger partial charge in [0.15, 0.2) is 0 Å². The van der Waals surface area contributed by atoms with Crippen molar-refractivity contribution in [3.05, 3.63) is 22.2 Å². The molecule has 0 aliphatic rings. The maximum Gasteiger partial charge on any atom is 0.340 e. The standard InChI is InChI=1S/C13H18BrNO3/c1-8(2)4-5-18-12-6-9(13(16)17-3)11(15)7-10(12)14/h6-8H,4-5,15H2,1-3H3. The molecule has 0 amide bonds. The Morgan fingerprint density at radius 2 is 2.11 bits per heavy atom. The molecule has 0 spiro atoms. The highest BCUT2D eigenvalue weighted by molar-refractivity contribution is 9.10. The molecule has 0 atom stereocenters. The van der Waals surface area contributed by atoms with Crippen molar-refractivity contribution in [1.82, 2.24) is 0 Å². The normalized spacial score (nSPS) is 10.5. The molecule has 0 unspecified atom stereocenters. The largest absolute Gasteiger partial charge is 0.492 e. The van der Waals surface area contributed by atoms with E-state index in [1.807, 2.05) is 0 Å². The molecule has 0 heterocycles. The van der Waals surface area contributed by atoms with E-state index < -0.39 is 5.97 Å². The number of anilines is 1. The highest BCUT2D eigenvalue weighted by Crippen LogP contribution is 2.30. The SMILES string of the molecule is COC(=O)c1cc(OCCC(C)C)c(Br)cc1N. The molecular weight excluding hydrogens is 298 g/mol. The van der Waals surface area contributed by atoms with E-state index in [-0.39, 0.29) is 0 Å². The van der Waals surface area contributed by atoms with E-state index in [0.717, 1.165) is 10.9 Å². The van der Waals surface area contributed by atoms with Crippen molar-refractivity contribution in [2.45, 2.75) is 20.3 Å². The molecule has 1 aromatic rings. The van der Waals surface area contributed by atoms with Crippen LogP contribution in [-0.4, -0.2) is 19.7 Å². The lowest BCUT2D eigenvalue weighted by Gasteiger charge is -2.12. The molecular formula is C13H18BrNO3. The van der Waals surface area contributed by atoms with Crippen molar-refractivity contribution in [3.63, 3.8) is 0 Å². The van der Waals surface area contributed by atoms with Crippen LogP contribution in [0.2, 0.25) is 0 Å². The van der Waals surface area contributed by atoms with E-state index in [9.17, 15) is 4.79 Å². The predicted octanol–water partition coefficient (Wildman–Crippen LogP) is 3.24. The van der Waals surface area contributed by atoms with Gasteiger partial charge in [-0.1, -0.05) is 13.8 Å². The Bertz CT molecular complexity index is 432. The number of hydrogen-bond donors (Lipinski definition) is 1. The topological polar surface area (TPSA) is 61.5 Å². The fourth-order valence-electron chi connectivity index (χ4n) is 1.37. The van der Waals surface area contributed by atoms with Gasteiger partial charge in [-0.2, -0.15) is 0 Å². The van der Waals surface area contributed by atoms with Gasteiger partial charge in [0.2, 0.25) is 0 Å². The molecule has 0 fully saturated rings. The van der Waals surface area contributed by atoms with Crippen molar-refractivity contribution in [3.8, 4) is 5.75 Å². The molecule has 0 aromatic heterocycles. The van der Waals surface area contributed by atoms with Gasteiger partial charge in [-0.3, -0.25) is 0 Å². The number of carbonyl (C=O) groups excluding carboxylic acids is 1. The Kier molecular flexibility index (Phi) is 5.47. The molecule has 1 rings (SSSR count). The van der Waals surface area contributed by atoms with Gasteiger partial charge in [-0.15, -0.1) is 0 Å². The smallest absolute Gasteiger partial charge is 0.340 e. The number of carbonyl (C=O) groups is 1. The summed E-state index contributed by atoms with van der Waals surface area (Å²) in [5.41, 5.74) is 6.44. The highest BCUT2D eigenvalue weighted by atomic mass is 79.9. The van der Waals surface area contributed by atoms with E-state index in [0.29, 0.717) is 29.5 Å². The summed E-state index contributed by atoms with van der Waals surface area (Å²) >= 11 is 3.36. The van der Waals surface area contributed by atoms with E-state index in [1.54, 1.807) is 12.1 Å². The first-order valence-corrected chi connectivity index (χ1v) is 6.55. The molecule has 18 heavy (non-hydrogen) atoms. The summed E-state index contributed by atoms with van der Waals surface area (Å²) in [4.78, 5) is 11.5. The number of esters is 1. The van der Waals surface area contributed by atoms with Crippen LogP contribution in [0.15, 0.2) is 16.6 Å². The van der Waals surface area contributed by atoms with Gasteiger partial charge in [0.05, 0.1) is 23.8 Å². The van der Waals surface area contributed by atoms with Crippen molar-refractivity contribution in [2.75, 3.05) is 19.5 Å². The second kappa shape index (κ2) is 6.64. The molecule has 0 aliphatic carbocycles. The summed E-state index contributed by atoms with van der Waals surface area (Å²) in [5, 5.41) is 0. The number of nitrogens with two attached hydrogens (primary N) is 1. The third-order valence-corrected chi connectivity index (χ3v) is 3.08. The average Bonchev–Trinajstić information content (AvgIpc) is 2.30. The molecule has 2 N–H and O–H groups in total. The second-order valence-corrected chi connectivity index (χ2v) is 5.25. The molecule has 0 bridgehead atoms. The first-order valence-electron chi connectivity index (χ1n) is 5.75. The van der Waals surface area contributed by atoms with Crippen molar-refractivity contribution in [1.29, 1.82) is 0 Å². The third-order valence-electron chi connectivity index (χ3n) is 2.46. The van der Waals surface area contributed by atoms with Crippen LogP contribution in [0.1, 0.15) is 30.6 Å². The summed E-state index contributed by atoms with van der Waals surface area (Å²) in [5.74, 6) is 0.705. The number of benzene rings is 1. The van der Waals surface area contributed by atoms with Gasteiger partial charge in [-0.25, -0.2) is 4.79 Å². The lowest BCUT2D eigenvalue weighted by atomic mass is 10.1. The van der Waals surface area contributed by atoms with Crippen LogP contribution in [0, 0.1) is 5.92 Å². The first kappa shape index (κ1) is 14.8. The number of rotatable bonds is 5.